The molecule has 0 nitrogen and oxygen atoms in total. The molecule has 0 amide bonds. The SMILES string of the molecule is CC(C)=c1ccc2c(c1C1=C(c3ccccc3C)C=CC1)[C-]=c1ccccc1=2.[Cl-].[Cl-].[Hf]. The zero-order valence-corrected chi connectivity index (χ0v) is 23.0. The molecular weight excluding hydrogens is 586 g/mol. The van der Waals surface area contributed by atoms with Crippen molar-refractivity contribution in [3.63, 3.8) is 0 Å². The minimum absolute atomic E-state index is 0. The molecule has 3 aromatic carbocycles. The number of benzene rings is 3. The van der Waals surface area contributed by atoms with Crippen molar-refractivity contribution in [3.8, 4) is 0 Å². The Bertz CT molecular complexity index is 1410. The fourth-order valence-electron chi connectivity index (χ4n) is 4.52. The first-order valence-corrected chi connectivity index (χ1v) is 9.95. The third-order valence-electron chi connectivity index (χ3n) is 5.89. The molecule has 0 fully saturated rings. The van der Waals surface area contributed by atoms with Crippen molar-refractivity contribution in [2.24, 2.45) is 0 Å². The quantitative estimate of drug-likeness (QED) is 0.210. The first-order valence-electron chi connectivity index (χ1n) is 9.95. The second-order valence-electron chi connectivity index (χ2n) is 7.89. The summed E-state index contributed by atoms with van der Waals surface area (Å²) in [5, 5.41) is 5.14. The molecule has 0 N–H and O–H groups in total. The predicted molar refractivity (Wildman–Crippen MR) is 119 cm³/mol. The second-order valence-corrected chi connectivity index (χ2v) is 7.89. The molecule has 156 valence electrons. The number of allylic oxidation sites excluding steroid dienone is 4. The van der Waals surface area contributed by atoms with E-state index in [0.29, 0.717) is 0 Å². The largest absolute Gasteiger partial charge is 1.00 e. The summed E-state index contributed by atoms with van der Waals surface area (Å²) in [6.07, 6.45) is 9.30. The number of aryl methyl sites for hydroxylation is 1. The zero-order chi connectivity index (χ0) is 19.3. The molecule has 2 aliphatic rings. The summed E-state index contributed by atoms with van der Waals surface area (Å²) >= 11 is 0. The van der Waals surface area contributed by atoms with Crippen LogP contribution in [0.3, 0.4) is 0 Å². The van der Waals surface area contributed by atoms with E-state index in [-0.39, 0.29) is 50.7 Å². The van der Waals surface area contributed by atoms with Crippen LogP contribution in [0.4, 0.5) is 0 Å². The van der Waals surface area contributed by atoms with Crippen LogP contribution in [0.15, 0.2) is 72.8 Å². The van der Waals surface area contributed by atoms with Crippen LogP contribution in [0, 0.1) is 17.4 Å². The van der Waals surface area contributed by atoms with Crippen LogP contribution in [0.25, 0.3) is 22.8 Å². The van der Waals surface area contributed by atoms with Gasteiger partial charge in [0.15, 0.2) is 0 Å². The van der Waals surface area contributed by atoms with Gasteiger partial charge in [0.05, 0.1) is 0 Å². The summed E-state index contributed by atoms with van der Waals surface area (Å²) < 4.78 is 0. The van der Waals surface area contributed by atoms with Crippen molar-refractivity contribution in [2.75, 3.05) is 0 Å². The van der Waals surface area contributed by atoms with Gasteiger partial charge in [-0.2, -0.15) is 0 Å². The Balaban J connectivity index is 0.00000114. The molecule has 0 aromatic heterocycles. The molecule has 0 unspecified atom stereocenters. The first kappa shape index (κ1) is 25.6. The first-order chi connectivity index (χ1) is 13.6. The third-order valence-corrected chi connectivity index (χ3v) is 5.89. The van der Waals surface area contributed by atoms with E-state index >= 15 is 0 Å². The van der Waals surface area contributed by atoms with Gasteiger partial charge < -0.3 is 24.8 Å². The standard InChI is InChI=1S/C28H23.2ClH.Hf/c1-18(2)21-15-16-25-23-12-7-5-10-20(23)17-27(25)28(21)26-14-8-13-24(26)22-11-6-4-9-19(22)3;;;/h4-13,15-16H,14H2,1-3H3;2*1H;/q-1;;;/p-2. The molecular formula is C28H23Cl2Hf-3. The Morgan fingerprint density at radius 3 is 2.29 bits per heavy atom. The average Bonchev–Trinajstić information content (AvgIpc) is 3.32. The number of halogens is 2. The minimum Gasteiger partial charge on any atom is -1.00 e. The van der Waals surface area contributed by atoms with Gasteiger partial charge in [-0.05, 0) is 43.9 Å². The van der Waals surface area contributed by atoms with E-state index in [4.69, 9.17) is 0 Å². The number of hydrogen-bond acceptors (Lipinski definition) is 0. The molecule has 5 rings (SSSR count). The normalized spacial score (nSPS) is 12.7. The Morgan fingerprint density at radius 2 is 1.55 bits per heavy atom. The molecule has 0 radical (unpaired) electrons. The molecule has 0 saturated heterocycles. The topological polar surface area (TPSA) is 0 Å². The van der Waals surface area contributed by atoms with E-state index in [1.165, 1.54) is 59.8 Å². The molecule has 0 saturated carbocycles. The van der Waals surface area contributed by atoms with Gasteiger partial charge in [-0.15, -0.1) is 33.4 Å². The monoisotopic (exact) mass is 609 g/mol. The molecule has 31 heavy (non-hydrogen) atoms. The summed E-state index contributed by atoms with van der Waals surface area (Å²) in [6.45, 7) is 6.63. The molecule has 0 aliphatic heterocycles. The minimum atomic E-state index is 0. The van der Waals surface area contributed by atoms with Gasteiger partial charge in [-0.3, -0.25) is 0 Å². The smallest absolute Gasteiger partial charge is 0 e. The Hall–Kier alpha value is -1.67. The molecule has 0 atom stereocenters. The maximum absolute atomic E-state index is 3.73. The van der Waals surface area contributed by atoms with Crippen LogP contribution >= 0.6 is 0 Å². The average molecular weight is 609 g/mol. The van der Waals surface area contributed by atoms with Crippen LogP contribution in [0.1, 0.15) is 42.5 Å². The third kappa shape index (κ3) is 4.33. The van der Waals surface area contributed by atoms with Crippen LogP contribution in [-0.2, 0) is 25.8 Å². The van der Waals surface area contributed by atoms with Crippen LogP contribution in [-0.4, -0.2) is 0 Å². The second kappa shape index (κ2) is 10.3. The van der Waals surface area contributed by atoms with Crippen molar-refractivity contribution >= 4 is 22.8 Å². The molecule has 0 heterocycles. The Kier molecular flexibility index (Phi) is 8.50. The van der Waals surface area contributed by atoms with Crippen molar-refractivity contribution in [1.29, 1.82) is 0 Å². The van der Waals surface area contributed by atoms with Crippen molar-refractivity contribution < 1.29 is 50.7 Å². The molecule has 3 heteroatoms. The number of fused-ring (bicyclic) bond motifs is 2. The molecule has 0 spiro atoms. The fraction of sp³-hybridized carbons (Fsp3) is 0.143. The maximum atomic E-state index is 3.73. The summed E-state index contributed by atoms with van der Waals surface area (Å²) in [4.78, 5) is 0. The predicted octanol–water partition coefficient (Wildman–Crippen LogP) is -0.632. The summed E-state index contributed by atoms with van der Waals surface area (Å²) in [6, 6.07) is 21.9. The van der Waals surface area contributed by atoms with Gasteiger partial charge in [-0.25, -0.2) is 0 Å². The van der Waals surface area contributed by atoms with Crippen molar-refractivity contribution in [1.82, 2.24) is 0 Å². The Morgan fingerprint density at radius 1 is 0.839 bits per heavy atom. The Labute approximate surface area is 215 Å². The van der Waals surface area contributed by atoms with E-state index in [1.807, 2.05) is 0 Å². The van der Waals surface area contributed by atoms with Gasteiger partial charge in [0, 0.05) is 25.8 Å². The van der Waals surface area contributed by atoms with Crippen molar-refractivity contribution in [2.45, 2.75) is 27.2 Å². The van der Waals surface area contributed by atoms with Crippen molar-refractivity contribution in [3.05, 3.63) is 116 Å². The van der Waals surface area contributed by atoms with E-state index in [0.717, 1.165) is 6.42 Å². The van der Waals surface area contributed by atoms with Crippen LogP contribution in [0.2, 0.25) is 0 Å². The molecule has 3 aromatic rings. The van der Waals surface area contributed by atoms with E-state index < -0.39 is 0 Å². The summed E-state index contributed by atoms with van der Waals surface area (Å²) in [5.41, 5.74) is 9.39. The van der Waals surface area contributed by atoms with Gasteiger partial charge in [0.1, 0.15) is 0 Å². The molecule has 0 bridgehead atoms. The van der Waals surface area contributed by atoms with Gasteiger partial charge in [-0.1, -0.05) is 88.7 Å². The number of rotatable bonds is 2. The fourth-order valence-corrected chi connectivity index (χ4v) is 4.52. The van der Waals surface area contributed by atoms with Gasteiger partial charge >= 0.3 is 0 Å². The van der Waals surface area contributed by atoms with Crippen LogP contribution in [0.5, 0.6) is 0 Å². The zero-order valence-electron chi connectivity index (χ0n) is 17.9. The maximum Gasteiger partial charge on any atom is 0 e. The summed E-state index contributed by atoms with van der Waals surface area (Å²) in [5.74, 6) is 0. The van der Waals surface area contributed by atoms with Crippen LogP contribution < -0.4 is 35.3 Å². The van der Waals surface area contributed by atoms with E-state index in [9.17, 15) is 0 Å². The molecule has 2 aliphatic carbocycles. The van der Waals surface area contributed by atoms with Gasteiger partial charge in [0.2, 0.25) is 0 Å². The summed E-state index contributed by atoms with van der Waals surface area (Å²) in [7, 11) is 0. The van der Waals surface area contributed by atoms with E-state index in [2.05, 4.69) is 99.7 Å². The van der Waals surface area contributed by atoms with E-state index in [1.54, 1.807) is 0 Å². The van der Waals surface area contributed by atoms with Gasteiger partial charge in [0.25, 0.3) is 0 Å². The number of hydrogen-bond donors (Lipinski definition) is 0.